The molecule has 0 saturated carbocycles. The predicted octanol–water partition coefficient (Wildman–Crippen LogP) is 1.98. The van der Waals surface area contributed by atoms with Crippen LogP contribution in [-0.4, -0.2) is 36.7 Å². The maximum absolute atomic E-state index is 5.21. The van der Waals surface area contributed by atoms with Crippen LogP contribution in [0.5, 0.6) is 5.75 Å². The first kappa shape index (κ1) is 12.3. The molecule has 1 aliphatic rings. The van der Waals surface area contributed by atoms with E-state index < -0.39 is 0 Å². The van der Waals surface area contributed by atoms with E-state index in [0.717, 1.165) is 48.3 Å². The van der Waals surface area contributed by atoms with E-state index in [-0.39, 0.29) is 0 Å². The molecule has 1 saturated heterocycles. The van der Waals surface area contributed by atoms with Gasteiger partial charge in [0.15, 0.2) is 0 Å². The normalized spacial score (nSPS) is 16.7. The number of benzene rings is 1. The molecule has 5 heteroatoms. The minimum atomic E-state index is 0.740. The molecule has 1 fully saturated rings. The lowest BCUT2D eigenvalue weighted by Crippen LogP contribution is -2.31. The van der Waals surface area contributed by atoms with Crippen molar-refractivity contribution in [3.63, 3.8) is 0 Å². The number of piperidine rings is 1. The molecule has 2 heterocycles. The van der Waals surface area contributed by atoms with Gasteiger partial charge in [-0.25, -0.2) is 4.98 Å². The van der Waals surface area contributed by atoms with Crippen molar-refractivity contribution in [1.29, 1.82) is 0 Å². The van der Waals surface area contributed by atoms with Gasteiger partial charge in [0.1, 0.15) is 5.75 Å². The molecule has 0 spiro atoms. The lowest BCUT2D eigenvalue weighted by Gasteiger charge is -2.22. The van der Waals surface area contributed by atoms with E-state index in [4.69, 9.17) is 4.74 Å². The molecule has 3 N–H and O–H groups in total. The van der Waals surface area contributed by atoms with E-state index in [1.165, 1.54) is 12.8 Å². The lowest BCUT2D eigenvalue weighted by atomic mass is 9.98. The van der Waals surface area contributed by atoms with Crippen molar-refractivity contribution in [3.05, 3.63) is 18.2 Å². The summed E-state index contributed by atoms with van der Waals surface area (Å²) >= 11 is 0. The van der Waals surface area contributed by atoms with Crippen molar-refractivity contribution in [1.82, 2.24) is 15.3 Å². The van der Waals surface area contributed by atoms with Gasteiger partial charge in [0.2, 0.25) is 5.95 Å². The maximum atomic E-state index is 5.21. The number of nitrogens with zero attached hydrogens (tertiary/aromatic N) is 1. The summed E-state index contributed by atoms with van der Waals surface area (Å²) in [7, 11) is 1.67. The van der Waals surface area contributed by atoms with Crippen LogP contribution in [0.3, 0.4) is 0 Å². The molecule has 19 heavy (non-hydrogen) atoms. The van der Waals surface area contributed by atoms with Crippen LogP contribution in [0.25, 0.3) is 11.0 Å². The lowest BCUT2D eigenvalue weighted by molar-refractivity contribution is 0.389. The SMILES string of the molecule is COc1ccc2nc(NCC3CCNCC3)[nH]c2c1. The van der Waals surface area contributed by atoms with Gasteiger partial charge in [-0.3, -0.25) is 0 Å². The fraction of sp³-hybridized carbons (Fsp3) is 0.500. The van der Waals surface area contributed by atoms with Crippen molar-refractivity contribution >= 4 is 17.0 Å². The molecular weight excluding hydrogens is 240 g/mol. The number of fused-ring (bicyclic) bond motifs is 1. The summed E-state index contributed by atoms with van der Waals surface area (Å²) < 4.78 is 5.21. The molecule has 5 nitrogen and oxygen atoms in total. The number of aromatic nitrogens is 2. The Balaban J connectivity index is 1.67. The van der Waals surface area contributed by atoms with E-state index in [1.807, 2.05) is 18.2 Å². The van der Waals surface area contributed by atoms with Crippen molar-refractivity contribution in [2.75, 3.05) is 32.1 Å². The first-order valence-corrected chi connectivity index (χ1v) is 6.83. The van der Waals surface area contributed by atoms with Gasteiger partial charge < -0.3 is 20.4 Å². The second kappa shape index (κ2) is 5.48. The molecular formula is C14H20N4O. The van der Waals surface area contributed by atoms with Gasteiger partial charge in [-0.15, -0.1) is 0 Å². The van der Waals surface area contributed by atoms with Crippen LogP contribution in [0.1, 0.15) is 12.8 Å². The number of methoxy groups -OCH3 is 1. The minimum Gasteiger partial charge on any atom is -0.497 e. The molecule has 3 rings (SSSR count). The Morgan fingerprint density at radius 3 is 3.00 bits per heavy atom. The highest BCUT2D eigenvalue weighted by molar-refractivity contribution is 5.79. The van der Waals surface area contributed by atoms with Crippen molar-refractivity contribution in [3.8, 4) is 5.75 Å². The zero-order chi connectivity index (χ0) is 13.1. The second-order valence-corrected chi connectivity index (χ2v) is 5.04. The number of anilines is 1. The molecule has 0 amide bonds. The smallest absolute Gasteiger partial charge is 0.201 e. The van der Waals surface area contributed by atoms with Crippen LogP contribution >= 0.6 is 0 Å². The molecule has 1 aliphatic heterocycles. The summed E-state index contributed by atoms with van der Waals surface area (Å²) in [5, 5.41) is 6.79. The molecule has 0 aliphatic carbocycles. The first-order chi connectivity index (χ1) is 9.35. The van der Waals surface area contributed by atoms with Gasteiger partial charge >= 0.3 is 0 Å². The van der Waals surface area contributed by atoms with Crippen LogP contribution in [-0.2, 0) is 0 Å². The average Bonchev–Trinajstić information content (AvgIpc) is 2.88. The molecule has 1 aromatic heterocycles. The molecule has 1 aromatic carbocycles. The quantitative estimate of drug-likeness (QED) is 0.786. The number of imidazole rings is 1. The zero-order valence-electron chi connectivity index (χ0n) is 11.2. The number of aromatic amines is 1. The van der Waals surface area contributed by atoms with Gasteiger partial charge in [0.25, 0.3) is 0 Å². The van der Waals surface area contributed by atoms with Gasteiger partial charge in [-0.1, -0.05) is 0 Å². The zero-order valence-corrected chi connectivity index (χ0v) is 11.2. The van der Waals surface area contributed by atoms with Gasteiger partial charge in [0, 0.05) is 12.6 Å². The Morgan fingerprint density at radius 2 is 2.21 bits per heavy atom. The van der Waals surface area contributed by atoms with Crippen LogP contribution in [0, 0.1) is 5.92 Å². The van der Waals surface area contributed by atoms with Crippen molar-refractivity contribution in [2.24, 2.45) is 5.92 Å². The van der Waals surface area contributed by atoms with Crippen molar-refractivity contribution in [2.45, 2.75) is 12.8 Å². The Kier molecular flexibility index (Phi) is 3.55. The first-order valence-electron chi connectivity index (χ1n) is 6.83. The van der Waals surface area contributed by atoms with Crippen molar-refractivity contribution < 1.29 is 4.74 Å². The molecule has 2 aromatic rings. The standard InChI is InChI=1S/C14H20N4O/c1-19-11-2-3-12-13(8-11)18-14(17-12)16-9-10-4-6-15-7-5-10/h2-3,8,10,15H,4-7,9H2,1H3,(H2,16,17,18). The minimum absolute atomic E-state index is 0.740. The number of ether oxygens (including phenoxy) is 1. The van der Waals surface area contributed by atoms with E-state index >= 15 is 0 Å². The predicted molar refractivity (Wildman–Crippen MR) is 76.7 cm³/mol. The number of rotatable bonds is 4. The summed E-state index contributed by atoms with van der Waals surface area (Å²) in [5.41, 5.74) is 1.97. The summed E-state index contributed by atoms with van der Waals surface area (Å²) in [6.45, 7) is 3.24. The molecule has 0 radical (unpaired) electrons. The fourth-order valence-corrected chi connectivity index (χ4v) is 2.53. The van der Waals surface area contributed by atoms with Crippen LogP contribution < -0.4 is 15.4 Å². The Labute approximate surface area is 112 Å². The van der Waals surface area contributed by atoms with Crippen LogP contribution in [0.2, 0.25) is 0 Å². The molecule has 0 unspecified atom stereocenters. The topological polar surface area (TPSA) is 62.0 Å². The molecule has 102 valence electrons. The summed E-state index contributed by atoms with van der Waals surface area (Å²) in [6, 6.07) is 5.87. The van der Waals surface area contributed by atoms with Gasteiger partial charge in [-0.2, -0.15) is 0 Å². The Bertz CT molecular complexity index is 545. The highest BCUT2D eigenvalue weighted by atomic mass is 16.5. The summed E-state index contributed by atoms with van der Waals surface area (Å²) in [6.07, 6.45) is 2.47. The van der Waals surface area contributed by atoms with Gasteiger partial charge in [-0.05, 0) is 44.0 Å². The molecule has 0 atom stereocenters. The monoisotopic (exact) mass is 260 g/mol. The number of hydrogen-bond donors (Lipinski definition) is 3. The third-order valence-corrected chi connectivity index (χ3v) is 3.71. The Hall–Kier alpha value is -1.75. The van der Waals surface area contributed by atoms with E-state index in [9.17, 15) is 0 Å². The van der Waals surface area contributed by atoms with Gasteiger partial charge in [0.05, 0.1) is 18.1 Å². The van der Waals surface area contributed by atoms with E-state index in [1.54, 1.807) is 7.11 Å². The largest absolute Gasteiger partial charge is 0.497 e. The summed E-state index contributed by atoms with van der Waals surface area (Å²) in [5.74, 6) is 2.44. The summed E-state index contributed by atoms with van der Waals surface area (Å²) in [4.78, 5) is 7.83. The van der Waals surface area contributed by atoms with E-state index in [2.05, 4.69) is 20.6 Å². The highest BCUT2D eigenvalue weighted by Gasteiger charge is 2.13. The molecule has 0 bridgehead atoms. The van der Waals surface area contributed by atoms with Crippen LogP contribution in [0.4, 0.5) is 5.95 Å². The average molecular weight is 260 g/mol. The third-order valence-electron chi connectivity index (χ3n) is 3.71. The third kappa shape index (κ3) is 2.81. The fourth-order valence-electron chi connectivity index (χ4n) is 2.53. The maximum Gasteiger partial charge on any atom is 0.201 e. The number of H-pyrrole nitrogens is 1. The number of nitrogens with one attached hydrogen (secondary N) is 3. The van der Waals surface area contributed by atoms with E-state index in [0.29, 0.717) is 0 Å². The second-order valence-electron chi connectivity index (χ2n) is 5.04. The highest BCUT2D eigenvalue weighted by Crippen LogP contribution is 2.21. The van der Waals surface area contributed by atoms with Crippen LogP contribution in [0.15, 0.2) is 18.2 Å². The Morgan fingerprint density at radius 1 is 1.37 bits per heavy atom. The number of hydrogen-bond acceptors (Lipinski definition) is 4.